The summed E-state index contributed by atoms with van der Waals surface area (Å²) >= 11 is 6.38. The number of aromatic nitrogens is 4. The lowest BCUT2D eigenvalue weighted by atomic mass is 9.98. The third kappa shape index (κ3) is 3.44. The fourth-order valence-corrected chi connectivity index (χ4v) is 3.76. The summed E-state index contributed by atoms with van der Waals surface area (Å²) in [6, 6.07) is 11.3. The maximum atomic E-state index is 13.3. The number of nitrogens with zero attached hydrogens (tertiary/aromatic N) is 3. The van der Waals surface area contributed by atoms with Crippen LogP contribution in [0.3, 0.4) is 0 Å². The van der Waals surface area contributed by atoms with Gasteiger partial charge in [0, 0.05) is 46.7 Å². The van der Waals surface area contributed by atoms with Crippen molar-refractivity contribution in [3.05, 3.63) is 88.1 Å². The molecule has 4 heterocycles. The topological polar surface area (TPSA) is 63.1 Å². The minimum Gasteiger partial charge on any atom is -0.307 e. The van der Waals surface area contributed by atoms with Crippen molar-refractivity contribution < 1.29 is 13.2 Å². The predicted octanol–water partition coefficient (Wildman–Crippen LogP) is 5.58. The van der Waals surface area contributed by atoms with Gasteiger partial charge >= 0.3 is 6.18 Å². The van der Waals surface area contributed by atoms with E-state index in [1.165, 1.54) is 12.1 Å². The molecule has 0 saturated carbocycles. The molecule has 9 heteroatoms. The highest BCUT2D eigenvalue weighted by Crippen LogP contribution is 2.37. The number of hydrogen-bond donors (Lipinski definition) is 1. The lowest BCUT2D eigenvalue weighted by Crippen LogP contribution is -2.06. The van der Waals surface area contributed by atoms with E-state index in [2.05, 4.69) is 15.0 Å². The van der Waals surface area contributed by atoms with Crippen LogP contribution in [0.2, 0.25) is 5.02 Å². The first-order valence-corrected chi connectivity index (χ1v) is 9.52. The van der Waals surface area contributed by atoms with Crippen LogP contribution in [0.1, 0.15) is 5.56 Å². The number of H-pyrrole nitrogens is 1. The standard InChI is InChI=1S/C22H12ClF3N4O/c23-17-10-14(11-30-7-6-27-21(17)30)16-9-13-4-5-18(31)28-20(13)29-19(16)12-2-1-3-15(8-12)22(24,25)26/h1-11H,(H,28,29,31). The van der Waals surface area contributed by atoms with Gasteiger partial charge in [-0.2, -0.15) is 13.2 Å². The molecule has 5 nitrogen and oxygen atoms in total. The lowest BCUT2D eigenvalue weighted by molar-refractivity contribution is -0.137. The summed E-state index contributed by atoms with van der Waals surface area (Å²) in [7, 11) is 0. The van der Waals surface area contributed by atoms with Crippen LogP contribution < -0.4 is 5.56 Å². The van der Waals surface area contributed by atoms with Gasteiger partial charge in [0.05, 0.1) is 16.3 Å². The molecule has 0 aliphatic heterocycles. The van der Waals surface area contributed by atoms with Crippen LogP contribution in [-0.2, 0) is 6.18 Å². The molecule has 0 fully saturated rings. The number of alkyl halides is 3. The Hall–Kier alpha value is -3.65. The number of hydrogen-bond acceptors (Lipinski definition) is 3. The van der Waals surface area contributed by atoms with Crippen LogP contribution in [-0.4, -0.2) is 19.4 Å². The first-order valence-electron chi connectivity index (χ1n) is 9.14. The summed E-state index contributed by atoms with van der Waals surface area (Å²) in [5, 5.41) is 1.02. The third-order valence-corrected chi connectivity index (χ3v) is 5.20. The van der Waals surface area contributed by atoms with Crippen molar-refractivity contribution in [3.8, 4) is 22.4 Å². The Morgan fingerprint density at radius 3 is 2.68 bits per heavy atom. The molecular weight excluding hydrogens is 429 g/mol. The molecule has 4 aromatic heterocycles. The van der Waals surface area contributed by atoms with Gasteiger partial charge in [-0.15, -0.1) is 0 Å². The van der Waals surface area contributed by atoms with Crippen LogP contribution >= 0.6 is 11.6 Å². The van der Waals surface area contributed by atoms with Crippen molar-refractivity contribution in [2.75, 3.05) is 0 Å². The molecule has 0 aliphatic carbocycles. The molecule has 1 aromatic carbocycles. The van der Waals surface area contributed by atoms with Crippen molar-refractivity contribution in [2.24, 2.45) is 0 Å². The Labute approximate surface area is 177 Å². The molecular formula is C22H12ClF3N4O. The highest BCUT2D eigenvalue weighted by molar-refractivity contribution is 6.33. The van der Waals surface area contributed by atoms with E-state index in [1.807, 2.05) is 0 Å². The van der Waals surface area contributed by atoms with Gasteiger partial charge in [0.1, 0.15) is 5.65 Å². The number of aromatic amines is 1. The Kier molecular flexibility index (Phi) is 4.33. The predicted molar refractivity (Wildman–Crippen MR) is 112 cm³/mol. The van der Waals surface area contributed by atoms with E-state index < -0.39 is 11.7 Å². The maximum Gasteiger partial charge on any atom is 0.416 e. The molecule has 154 valence electrons. The fraction of sp³-hybridized carbons (Fsp3) is 0.0455. The SMILES string of the molecule is O=c1ccc2cc(-c3cc(Cl)c4nccn4c3)c(-c3cccc(C(F)(F)F)c3)nc2[nH]1. The zero-order valence-corrected chi connectivity index (χ0v) is 16.4. The van der Waals surface area contributed by atoms with Gasteiger partial charge in [0.15, 0.2) is 5.65 Å². The fourth-order valence-electron chi connectivity index (χ4n) is 3.50. The number of pyridine rings is 3. The second kappa shape index (κ2) is 6.95. The van der Waals surface area contributed by atoms with Gasteiger partial charge in [-0.1, -0.05) is 23.7 Å². The quantitative estimate of drug-likeness (QED) is 0.390. The molecule has 0 aliphatic rings. The molecule has 0 amide bonds. The van der Waals surface area contributed by atoms with Gasteiger partial charge in [-0.25, -0.2) is 9.97 Å². The molecule has 31 heavy (non-hydrogen) atoms. The van der Waals surface area contributed by atoms with E-state index in [-0.39, 0.29) is 22.5 Å². The van der Waals surface area contributed by atoms with Crippen LogP contribution in [0.5, 0.6) is 0 Å². The molecule has 5 rings (SSSR count). The van der Waals surface area contributed by atoms with E-state index in [0.717, 1.165) is 12.1 Å². The summed E-state index contributed by atoms with van der Waals surface area (Å²) in [6.07, 6.45) is 0.600. The van der Waals surface area contributed by atoms with E-state index in [0.29, 0.717) is 27.2 Å². The van der Waals surface area contributed by atoms with E-state index in [9.17, 15) is 18.0 Å². The minimum absolute atomic E-state index is 0.262. The normalized spacial score (nSPS) is 12.0. The van der Waals surface area contributed by atoms with Gasteiger partial charge in [-0.3, -0.25) is 4.79 Å². The van der Waals surface area contributed by atoms with E-state index >= 15 is 0 Å². The Morgan fingerprint density at radius 1 is 1.03 bits per heavy atom. The number of nitrogens with one attached hydrogen (secondary N) is 1. The second-order valence-corrected chi connectivity index (χ2v) is 7.37. The summed E-state index contributed by atoms with van der Waals surface area (Å²) in [5.41, 5.74) is 1.45. The van der Waals surface area contributed by atoms with Crippen LogP contribution in [0.15, 0.2) is 71.9 Å². The molecule has 0 saturated heterocycles. The van der Waals surface area contributed by atoms with Gasteiger partial charge in [0.2, 0.25) is 5.56 Å². The number of rotatable bonds is 2. The van der Waals surface area contributed by atoms with Gasteiger partial charge < -0.3 is 9.38 Å². The number of fused-ring (bicyclic) bond motifs is 2. The second-order valence-electron chi connectivity index (χ2n) is 6.96. The largest absolute Gasteiger partial charge is 0.416 e. The average Bonchev–Trinajstić information content (AvgIpc) is 3.21. The van der Waals surface area contributed by atoms with Crippen molar-refractivity contribution in [1.82, 2.24) is 19.4 Å². The molecule has 0 bridgehead atoms. The number of benzene rings is 1. The summed E-state index contributed by atoms with van der Waals surface area (Å²) in [4.78, 5) is 23.1. The monoisotopic (exact) mass is 440 g/mol. The van der Waals surface area contributed by atoms with Crippen LogP contribution in [0.25, 0.3) is 39.1 Å². The third-order valence-electron chi connectivity index (χ3n) is 4.92. The van der Waals surface area contributed by atoms with Crippen molar-refractivity contribution in [1.29, 1.82) is 0 Å². The maximum absolute atomic E-state index is 13.3. The molecule has 0 spiro atoms. The van der Waals surface area contributed by atoms with E-state index in [4.69, 9.17) is 11.6 Å². The average molecular weight is 441 g/mol. The zero-order valence-electron chi connectivity index (χ0n) is 15.6. The highest BCUT2D eigenvalue weighted by atomic mass is 35.5. The summed E-state index contributed by atoms with van der Waals surface area (Å²) < 4.78 is 41.7. The molecule has 0 radical (unpaired) electrons. The van der Waals surface area contributed by atoms with Gasteiger partial charge in [-0.05, 0) is 30.3 Å². The van der Waals surface area contributed by atoms with Gasteiger partial charge in [0.25, 0.3) is 0 Å². The van der Waals surface area contributed by atoms with E-state index in [1.54, 1.807) is 47.3 Å². The first kappa shape index (κ1) is 19.3. The molecule has 5 aromatic rings. The Morgan fingerprint density at radius 2 is 1.87 bits per heavy atom. The lowest BCUT2D eigenvalue weighted by Gasteiger charge is -2.14. The van der Waals surface area contributed by atoms with Crippen molar-refractivity contribution >= 4 is 28.3 Å². The number of halogens is 4. The van der Waals surface area contributed by atoms with Crippen molar-refractivity contribution in [2.45, 2.75) is 6.18 Å². The van der Waals surface area contributed by atoms with Crippen LogP contribution in [0.4, 0.5) is 13.2 Å². The number of imidazole rings is 1. The highest BCUT2D eigenvalue weighted by Gasteiger charge is 2.30. The summed E-state index contributed by atoms with van der Waals surface area (Å²) in [6.45, 7) is 0. The molecule has 0 atom stereocenters. The van der Waals surface area contributed by atoms with Crippen molar-refractivity contribution in [3.63, 3.8) is 0 Å². The first-order chi connectivity index (χ1) is 14.8. The smallest absolute Gasteiger partial charge is 0.307 e. The minimum atomic E-state index is -4.50. The molecule has 1 N–H and O–H groups in total. The molecule has 0 unspecified atom stereocenters. The Balaban J connectivity index is 1.83. The zero-order chi connectivity index (χ0) is 21.8. The summed E-state index contributed by atoms with van der Waals surface area (Å²) in [5.74, 6) is 0. The Bertz CT molecular complexity index is 1520. The van der Waals surface area contributed by atoms with Crippen LogP contribution in [0, 0.1) is 0 Å².